The monoisotopic (exact) mass is 478 g/mol. The zero-order valence-corrected chi connectivity index (χ0v) is 18.8. The van der Waals surface area contributed by atoms with Crippen LogP contribution in [0.4, 0.5) is 14.5 Å². The van der Waals surface area contributed by atoms with Gasteiger partial charge >= 0.3 is 0 Å². The molecule has 0 bridgehead atoms. The molecule has 2 aliphatic rings. The summed E-state index contributed by atoms with van der Waals surface area (Å²) >= 11 is 6.54. The number of H-pyrrole nitrogens is 1. The maximum atomic E-state index is 15.9. The van der Waals surface area contributed by atoms with Crippen molar-refractivity contribution in [2.24, 2.45) is 5.73 Å². The SMILES string of the molecule is NC(=O)c1cc2cc[nH]c2c(F)c1-c1c(Cl)c(F)cc2c1CC1(c3ccccc3)CNCCN21. The molecule has 0 radical (unpaired) electrons. The van der Waals surface area contributed by atoms with Gasteiger partial charge in [-0.15, -0.1) is 0 Å². The van der Waals surface area contributed by atoms with Crippen LogP contribution in [0.1, 0.15) is 21.5 Å². The number of hydrogen-bond donors (Lipinski definition) is 3. The Morgan fingerprint density at radius 1 is 1.12 bits per heavy atom. The number of hydrogen-bond acceptors (Lipinski definition) is 3. The topological polar surface area (TPSA) is 74.1 Å². The number of carbonyl (C=O) groups excluding carboxylic acids is 1. The standard InChI is InChI=1S/C26H21ClF2N4O/c27-22-18(28)11-19-17(12-26(13-31-8-9-33(19)26)15-4-2-1-3-5-15)20(22)21-16(25(30)34)10-14-6-7-32-24(14)23(21)29/h1-7,10-11,31-32H,8-9,12-13H2,(H2,30,34). The normalized spacial score (nSPS) is 19.3. The second kappa shape index (κ2) is 7.55. The highest BCUT2D eigenvalue weighted by Crippen LogP contribution is 2.52. The molecule has 1 aromatic heterocycles. The highest BCUT2D eigenvalue weighted by molar-refractivity contribution is 6.34. The predicted molar refractivity (Wildman–Crippen MR) is 129 cm³/mol. The fourth-order valence-electron chi connectivity index (χ4n) is 5.64. The van der Waals surface area contributed by atoms with E-state index in [1.54, 1.807) is 12.3 Å². The van der Waals surface area contributed by atoms with E-state index in [9.17, 15) is 4.79 Å². The lowest BCUT2D eigenvalue weighted by atomic mass is 9.82. The minimum absolute atomic E-state index is 0.0314. The van der Waals surface area contributed by atoms with Gasteiger partial charge in [0.15, 0.2) is 5.82 Å². The molecule has 1 atom stereocenters. The number of piperazine rings is 1. The summed E-state index contributed by atoms with van der Waals surface area (Å²) in [6.07, 6.45) is 2.05. The molecule has 6 rings (SSSR count). The lowest BCUT2D eigenvalue weighted by molar-refractivity contribution is 0.100. The molecule has 1 unspecified atom stereocenters. The average Bonchev–Trinajstić information content (AvgIpc) is 3.44. The second-order valence-corrected chi connectivity index (χ2v) is 9.25. The summed E-state index contributed by atoms with van der Waals surface area (Å²) in [7, 11) is 0. The van der Waals surface area contributed by atoms with Crippen molar-refractivity contribution in [3.8, 4) is 11.1 Å². The molecule has 3 aromatic carbocycles. The number of nitrogens with one attached hydrogen (secondary N) is 2. The molecule has 0 aliphatic carbocycles. The van der Waals surface area contributed by atoms with Crippen LogP contribution in [-0.2, 0) is 12.0 Å². The molecule has 0 saturated carbocycles. The van der Waals surface area contributed by atoms with E-state index in [4.69, 9.17) is 17.3 Å². The van der Waals surface area contributed by atoms with Crippen LogP contribution in [0.25, 0.3) is 22.0 Å². The van der Waals surface area contributed by atoms with Gasteiger partial charge in [-0.25, -0.2) is 8.78 Å². The van der Waals surface area contributed by atoms with Gasteiger partial charge in [0.2, 0.25) is 5.91 Å². The van der Waals surface area contributed by atoms with Crippen molar-refractivity contribution < 1.29 is 13.6 Å². The summed E-state index contributed by atoms with van der Waals surface area (Å²) in [5.74, 6) is -2.15. The Kier molecular flexibility index (Phi) is 4.69. The smallest absolute Gasteiger partial charge is 0.249 e. The van der Waals surface area contributed by atoms with E-state index < -0.39 is 23.1 Å². The number of carbonyl (C=O) groups is 1. The number of fused-ring (bicyclic) bond motifs is 4. The summed E-state index contributed by atoms with van der Waals surface area (Å²) in [5, 5.41) is 3.74. The number of rotatable bonds is 3. The van der Waals surface area contributed by atoms with Crippen LogP contribution < -0.4 is 16.0 Å². The van der Waals surface area contributed by atoms with E-state index in [1.165, 1.54) is 12.1 Å². The Morgan fingerprint density at radius 2 is 1.91 bits per heavy atom. The second-order valence-electron chi connectivity index (χ2n) is 8.87. The summed E-state index contributed by atoms with van der Waals surface area (Å²) in [6.45, 7) is 2.00. The molecule has 5 nitrogen and oxygen atoms in total. The minimum atomic E-state index is -0.804. The molecule has 34 heavy (non-hydrogen) atoms. The molecule has 8 heteroatoms. The molecule has 172 valence electrons. The average molecular weight is 479 g/mol. The van der Waals surface area contributed by atoms with Crippen molar-refractivity contribution in [1.82, 2.24) is 10.3 Å². The van der Waals surface area contributed by atoms with Crippen LogP contribution in [0, 0.1) is 11.6 Å². The van der Waals surface area contributed by atoms with Crippen LogP contribution >= 0.6 is 11.6 Å². The lowest BCUT2D eigenvalue weighted by Crippen LogP contribution is -2.57. The summed E-state index contributed by atoms with van der Waals surface area (Å²) in [5.41, 5.74) is 7.90. The number of benzene rings is 3. The molecule has 0 spiro atoms. The first kappa shape index (κ1) is 21.1. The van der Waals surface area contributed by atoms with Crippen molar-refractivity contribution in [2.45, 2.75) is 12.0 Å². The van der Waals surface area contributed by atoms with Crippen LogP contribution in [0.15, 0.2) is 54.7 Å². The van der Waals surface area contributed by atoms with Crippen molar-refractivity contribution in [3.63, 3.8) is 0 Å². The van der Waals surface area contributed by atoms with Crippen LogP contribution in [-0.4, -0.2) is 30.5 Å². The third-order valence-electron chi connectivity index (χ3n) is 7.12. The zero-order valence-electron chi connectivity index (χ0n) is 18.1. The van der Waals surface area contributed by atoms with Crippen molar-refractivity contribution in [3.05, 3.63) is 88.1 Å². The van der Waals surface area contributed by atoms with E-state index in [0.29, 0.717) is 36.1 Å². The maximum Gasteiger partial charge on any atom is 0.249 e. The first-order chi connectivity index (χ1) is 16.4. The number of anilines is 1. The number of halogens is 3. The molecular formula is C26H21ClF2N4O. The van der Waals surface area contributed by atoms with Crippen molar-refractivity contribution in [2.75, 3.05) is 24.5 Å². The number of nitrogens with two attached hydrogens (primary N) is 1. The van der Waals surface area contributed by atoms with Crippen LogP contribution in [0.5, 0.6) is 0 Å². The number of aromatic amines is 1. The number of aromatic nitrogens is 1. The van der Waals surface area contributed by atoms with Crippen LogP contribution in [0.2, 0.25) is 5.02 Å². The fraction of sp³-hybridized carbons (Fsp3) is 0.192. The number of nitrogens with zero attached hydrogens (tertiary/aromatic N) is 1. The molecule has 1 saturated heterocycles. The van der Waals surface area contributed by atoms with E-state index in [2.05, 4.69) is 15.2 Å². The number of primary amides is 1. The molecule has 2 aliphatic heterocycles. The Labute approximate surface area is 199 Å². The Morgan fingerprint density at radius 3 is 2.68 bits per heavy atom. The summed E-state index contributed by atoms with van der Waals surface area (Å²) < 4.78 is 31.2. The molecular weight excluding hydrogens is 458 g/mol. The van der Waals surface area contributed by atoms with E-state index in [0.717, 1.165) is 12.1 Å². The largest absolute Gasteiger partial charge is 0.366 e. The molecule has 4 N–H and O–H groups in total. The zero-order chi connectivity index (χ0) is 23.6. The molecule has 3 heterocycles. The third-order valence-corrected chi connectivity index (χ3v) is 7.49. The lowest BCUT2D eigenvalue weighted by Gasteiger charge is -2.45. The van der Waals surface area contributed by atoms with Crippen LogP contribution in [0.3, 0.4) is 0 Å². The predicted octanol–water partition coefficient (Wildman–Crippen LogP) is 4.73. The van der Waals surface area contributed by atoms with Gasteiger partial charge in [0.05, 0.1) is 21.6 Å². The van der Waals surface area contributed by atoms with Gasteiger partial charge in [-0.2, -0.15) is 0 Å². The Bertz CT molecular complexity index is 1470. The number of amides is 1. The third kappa shape index (κ3) is 2.83. The highest BCUT2D eigenvalue weighted by atomic mass is 35.5. The van der Waals surface area contributed by atoms with E-state index in [-0.39, 0.29) is 27.2 Å². The van der Waals surface area contributed by atoms with Gasteiger partial charge in [0, 0.05) is 54.5 Å². The van der Waals surface area contributed by atoms with Gasteiger partial charge < -0.3 is 20.9 Å². The molecule has 1 fully saturated rings. The van der Waals surface area contributed by atoms with Crippen molar-refractivity contribution in [1.29, 1.82) is 0 Å². The van der Waals surface area contributed by atoms with E-state index >= 15 is 8.78 Å². The fourth-order valence-corrected chi connectivity index (χ4v) is 5.90. The van der Waals surface area contributed by atoms with Gasteiger partial charge in [0.25, 0.3) is 0 Å². The van der Waals surface area contributed by atoms with Gasteiger partial charge in [-0.05, 0) is 29.3 Å². The Hall–Kier alpha value is -3.42. The summed E-state index contributed by atoms with van der Waals surface area (Å²) in [4.78, 5) is 17.5. The minimum Gasteiger partial charge on any atom is -0.366 e. The van der Waals surface area contributed by atoms with Gasteiger partial charge in [-0.1, -0.05) is 41.9 Å². The first-order valence-corrected chi connectivity index (χ1v) is 11.4. The maximum absolute atomic E-state index is 15.9. The van der Waals surface area contributed by atoms with Gasteiger partial charge in [0.1, 0.15) is 5.82 Å². The molecule has 4 aromatic rings. The Balaban J connectivity index is 1.67. The quantitative estimate of drug-likeness (QED) is 0.398. The first-order valence-electron chi connectivity index (χ1n) is 11.1. The summed E-state index contributed by atoms with van der Waals surface area (Å²) in [6, 6.07) is 14.6. The van der Waals surface area contributed by atoms with Gasteiger partial charge in [-0.3, -0.25) is 4.79 Å². The van der Waals surface area contributed by atoms with E-state index in [1.807, 2.05) is 30.3 Å². The molecule has 1 amide bonds. The van der Waals surface area contributed by atoms with Crippen molar-refractivity contribution >= 4 is 34.1 Å². The highest BCUT2D eigenvalue weighted by Gasteiger charge is 2.48.